The standard InChI is InChI=1S/C33H34BrNO3/c1-32-19-28(22-6-10-25(11-7-22)35(2)3)30-27-13-12-26(36)18-23(27)20-38-31(30)29(32)15-17-33(32,37)16-14-21-4-8-24(34)9-5-21/h4-11,20,28-29,31,37H,12-13,15,17-19H2,1-3H3/t28-,29+,31+,32+,33+/m1/s1. The van der Waals surface area contributed by atoms with Crippen LogP contribution in [0.1, 0.15) is 62.5 Å². The van der Waals surface area contributed by atoms with Crippen LogP contribution in [-0.2, 0) is 9.53 Å². The summed E-state index contributed by atoms with van der Waals surface area (Å²) in [5, 5.41) is 12.2. The van der Waals surface area contributed by atoms with Gasteiger partial charge >= 0.3 is 0 Å². The van der Waals surface area contributed by atoms with E-state index in [9.17, 15) is 9.90 Å². The third-order valence-electron chi connectivity index (χ3n) is 9.46. The van der Waals surface area contributed by atoms with Crippen LogP contribution < -0.4 is 4.90 Å². The molecule has 4 nitrogen and oxygen atoms in total. The Morgan fingerprint density at radius 3 is 2.53 bits per heavy atom. The van der Waals surface area contributed by atoms with Gasteiger partial charge in [0.15, 0.2) is 0 Å². The van der Waals surface area contributed by atoms with Gasteiger partial charge in [-0.1, -0.05) is 46.8 Å². The summed E-state index contributed by atoms with van der Waals surface area (Å²) in [7, 11) is 4.10. The minimum Gasteiger partial charge on any atom is -0.493 e. The van der Waals surface area contributed by atoms with Crippen LogP contribution in [0.15, 0.2) is 76.0 Å². The second-order valence-electron chi connectivity index (χ2n) is 11.8. The lowest BCUT2D eigenvalue weighted by Crippen LogP contribution is -2.53. The first kappa shape index (κ1) is 25.5. The number of anilines is 1. The average molecular weight is 573 g/mol. The number of rotatable bonds is 2. The van der Waals surface area contributed by atoms with Gasteiger partial charge in [-0.3, -0.25) is 4.79 Å². The molecule has 4 aliphatic rings. The maximum Gasteiger partial charge on any atom is 0.137 e. The number of aliphatic hydroxyl groups is 1. The molecule has 0 bridgehead atoms. The Balaban J connectivity index is 1.44. The van der Waals surface area contributed by atoms with E-state index in [1.165, 1.54) is 16.7 Å². The highest BCUT2D eigenvalue weighted by atomic mass is 79.9. The van der Waals surface area contributed by atoms with Gasteiger partial charge in [0.25, 0.3) is 0 Å². The van der Waals surface area contributed by atoms with Crippen molar-refractivity contribution >= 4 is 27.4 Å². The predicted molar refractivity (Wildman–Crippen MR) is 154 cm³/mol. The molecule has 196 valence electrons. The van der Waals surface area contributed by atoms with Crippen molar-refractivity contribution in [3.8, 4) is 11.8 Å². The first-order valence-electron chi connectivity index (χ1n) is 13.6. The van der Waals surface area contributed by atoms with Crippen molar-refractivity contribution in [3.05, 3.63) is 87.1 Å². The molecule has 0 spiro atoms. The van der Waals surface area contributed by atoms with Crippen LogP contribution in [-0.4, -0.2) is 36.7 Å². The van der Waals surface area contributed by atoms with E-state index in [4.69, 9.17) is 4.74 Å². The fraction of sp³-hybridized carbons (Fsp3) is 0.424. The van der Waals surface area contributed by atoms with Gasteiger partial charge < -0.3 is 14.7 Å². The minimum atomic E-state index is -1.11. The fourth-order valence-electron chi connectivity index (χ4n) is 7.23. The number of fused-ring (bicyclic) bond motifs is 4. The van der Waals surface area contributed by atoms with E-state index in [-0.39, 0.29) is 23.7 Å². The van der Waals surface area contributed by atoms with Crippen molar-refractivity contribution in [3.63, 3.8) is 0 Å². The first-order chi connectivity index (χ1) is 18.2. The summed E-state index contributed by atoms with van der Waals surface area (Å²) in [4.78, 5) is 14.4. The lowest BCUT2D eigenvalue weighted by molar-refractivity contribution is -0.119. The van der Waals surface area contributed by atoms with Crippen molar-refractivity contribution in [2.45, 2.75) is 63.1 Å². The number of hydrogen-bond donors (Lipinski definition) is 1. The summed E-state index contributed by atoms with van der Waals surface area (Å²) in [6.07, 6.45) is 5.86. The quantitative estimate of drug-likeness (QED) is 0.416. The van der Waals surface area contributed by atoms with Gasteiger partial charge in [-0.15, -0.1) is 0 Å². The van der Waals surface area contributed by atoms with Crippen LogP contribution in [0, 0.1) is 23.2 Å². The van der Waals surface area contributed by atoms with Crippen molar-refractivity contribution in [1.29, 1.82) is 0 Å². The molecule has 0 saturated heterocycles. The predicted octanol–water partition coefficient (Wildman–Crippen LogP) is 6.53. The van der Waals surface area contributed by atoms with E-state index >= 15 is 0 Å². The molecular formula is C33H34BrNO3. The Bertz CT molecular complexity index is 1390. The molecule has 0 unspecified atom stereocenters. The van der Waals surface area contributed by atoms with E-state index in [1.54, 1.807) is 0 Å². The Labute approximate surface area is 233 Å². The summed E-state index contributed by atoms with van der Waals surface area (Å²) in [5.74, 6) is 7.16. The van der Waals surface area contributed by atoms with Crippen molar-refractivity contribution in [1.82, 2.24) is 0 Å². The lowest BCUT2D eigenvalue weighted by atomic mass is 9.55. The monoisotopic (exact) mass is 571 g/mol. The molecular weight excluding hydrogens is 538 g/mol. The number of Topliss-reactive ketones (excluding diaryl/α,β-unsaturated/α-hetero) is 1. The number of benzene rings is 2. The Hall–Kier alpha value is -2.81. The van der Waals surface area contributed by atoms with Crippen molar-refractivity contribution in [2.75, 3.05) is 19.0 Å². The molecule has 3 saturated carbocycles. The molecule has 38 heavy (non-hydrogen) atoms. The van der Waals surface area contributed by atoms with Crippen LogP contribution in [0.4, 0.5) is 5.69 Å². The Morgan fingerprint density at radius 1 is 1.08 bits per heavy atom. The van der Waals surface area contributed by atoms with Crippen molar-refractivity contribution in [2.24, 2.45) is 11.3 Å². The van der Waals surface area contributed by atoms with Gasteiger partial charge in [0, 0.05) is 59.9 Å². The summed E-state index contributed by atoms with van der Waals surface area (Å²) in [6.45, 7) is 2.22. The SMILES string of the molecule is CN(C)c1ccc([C@H]2C[C@@]3(C)[C@@H](CC[C@@]3(O)C#Cc3ccc(Br)cc3)[C@@H]3OC=C4CC(=O)CCC4=C32)cc1. The number of hydrogen-bond acceptors (Lipinski definition) is 4. The Kier molecular flexibility index (Phi) is 6.32. The summed E-state index contributed by atoms with van der Waals surface area (Å²) >= 11 is 3.49. The molecule has 0 radical (unpaired) electrons. The molecule has 2 aromatic carbocycles. The molecule has 1 N–H and O–H groups in total. The van der Waals surface area contributed by atoms with Gasteiger partial charge in [-0.05, 0) is 84.4 Å². The van der Waals surface area contributed by atoms with E-state index in [1.807, 2.05) is 30.5 Å². The van der Waals surface area contributed by atoms with E-state index in [0.29, 0.717) is 19.3 Å². The largest absolute Gasteiger partial charge is 0.493 e. The maximum atomic E-state index is 12.3. The molecule has 1 aliphatic heterocycles. The minimum absolute atomic E-state index is 0.100. The number of nitrogens with zero attached hydrogens (tertiary/aromatic N) is 1. The number of halogens is 1. The summed E-state index contributed by atoms with van der Waals surface area (Å²) < 4.78 is 7.53. The molecule has 5 atom stereocenters. The summed E-state index contributed by atoms with van der Waals surface area (Å²) in [5.41, 5.74) is 5.44. The molecule has 0 aromatic heterocycles. The zero-order valence-corrected chi connectivity index (χ0v) is 23.8. The van der Waals surface area contributed by atoms with Gasteiger partial charge in [-0.2, -0.15) is 0 Å². The van der Waals surface area contributed by atoms with Gasteiger partial charge in [0.1, 0.15) is 17.5 Å². The normalized spacial score (nSPS) is 31.8. The van der Waals surface area contributed by atoms with Gasteiger partial charge in [0.2, 0.25) is 0 Å². The molecule has 0 amide bonds. The number of ether oxygens (including phenoxy) is 1. The van der Waals surface area contributed by atoms with E-state index < -0.39 is 11.0 Å². The molecule has 3 fully saturated rings. The molecule has 6 rings (SSSR count). The second-order valence-corrected chi connectivity index (χ2v) is 12.7. The van der Waals surface area contributed by atoms with Crippen molar-refractivity contribution < 1.29 is 14.6 Å². The van der Waals surface area contributed by atoms with Crippen LogP contribution in [0.25, 0.3) is 0 Å². The van der Waals surface area contributed by atoms with Crippen LogP contribution in [0.5, 0.6) is 0 Å². The van der Waals surface area contributed by atoms with Crippen LogP contribution >= 0.6 is 15.9 Å². The molecule has 2 aromatic rings. The smallest absolute Gasteiger partial charge is 0.137 e. The highest BCUT2D eigenvalue weighted by Crippen LogP contribution is 2.64. The topological polar surface area (TPSA) is 49.8 Å². The number of ketones is 1. The molecule has 3 aliphatic carbocycles. The molecule has 5 heteroatoms. The number of carbonyl (C=O) groups is 1. The second kappa shape index (κ2) is 9.43. The van der Waals surface area contributed by atoms with Crippen LogP contribution in [0.3, 0.4) is 0 Å². The number of carbonyl (C=O) groups excluding carboxylic acids is 1. The Morgan fingerprint density at radius 2 is 1.82 bits per heavy atom. The third-order valence-corrected chi connectivity index (χ3v) is 9.99. The van der Waals surface area contributed by atoms with E-state index in [2.05, 4.69) is 78.0 Å². The average Bonchev–Trinajstić information content (AvgIpc) is 3.18. The highest BCUT2D eigenvalue weighted by molar-refractivity contribution is 9.10. The maximum absolute atomic E-state index is 12.3. The zero-order chi connectivity index (χ0) is 26.7. The third kappa shape index (κ3) is 4.14. The van der Waals surface area contributed by atoms with Crippen LogP contribution in [0.2, 0.25) is 0 Å². The highest BCUT2D eigenvalue weighted by Gasteiger charge is 2.63. The summed E-state index contributed by atoms with van der Waals surface area (Å²) in [6, 6.07) is 16.7. The van der Waals surface area contributed by atoms with Gasteiger partial charge in [-0.25, -0.2) is 0 Å². The number of allylic oxidation sites excluding steroid dienone is 2. The van der Waals surface area contributed by atoms with E-state index in [0.717, 1.165) is 40.6 Å². The lowest BCUT2D eigenvalue weighted by Gasteiger charge is -2.52. The zero-order valence-electron chi connectivity index (χ0n) is 22.3. The van der Waals surface area contributed by atoms with Gasteiger partial charge in [0.05, 0.1) is 6.26 Å². The fourth-order valence-corrected chi connectivity index (χ4v) is 7.49. The first-order valence-corrected chi connectivity index (χ1v) is 14.4. The molecule has 1 heterocycles.